The standard InChI is InChI=1S/C13H14ClF3N2O/c14-10-4-1-5-11(7-10)18-12(20)19-6-2-3-9(8-19)13(15,16)17/h1,4-5,7,9H,2-3,6,8H2,(H,18,20). The van der Waals surface area contributed by atoms with Gasteiger partial charge in [-0.05, 0) is 31.0 Å². The molecular weight excluding hydrogens is 293 g/mol. The maximum Gasteiger partial charge on any atom is 0.393 e. The minimum atomic E-state index is -4.25. The third-order valence-electron chi connectivity index (χ3n) is 3.25. The van der Waals surface area contributed by atoms with Crippen molar-refractivity contribution in [3.05, 3.63) is 29.3 Å². The number of anilines is 1. The molecule has 1 unspecified atom stereocenters. The number of hydrogen-bond donors (Lipinski definition) is 1. The molecule has 2 rings (SSSR count). The fourth-order valence-electron chi connectivity index (χ4n) is 2.20. The molecule has 0 aromatic heterocycles. The molecule has 20 heavy (non-hydrogen) atoms. The molecule has 1 atom stereocenters. The number of likely N-dealkylation sites (tertiary alicyclic amines) is 1. The Morgan fingerprint density at radius 3 is 2.80 bits per heavy atom. The summed E-state index contributed by atoms with van der Waals surface area (Å²) in [6.45, 7) is 0.0366. The van der Waals surface area contributed by atoms with Gasteiger partial charge >= 0.3 is 12.2 Å². The van der Waals surface area contributed by atoms with Crippen molar-refractivity contribution >= 4 is 23.3 Å². The zero-order valence-corrected chi connectivity index (χ0v) is 11.3. The lowest BCUT2D eigenvalue weighted by atomic mass is 9.98. The minimum Gasteiger partial charge on any atom is -0.324 e. The van der Waals surface area contributed by atoms with Gasteiger partial charge in [0.25, 0.3) is 0 Å². The number of benzene rings is 1. The summed E-state index contributed by atoms with van der Waals surface area (Å²) in [6.07, 6.45) is -3.83. The van der Waals surface area contributed by atoms with Gasteiger partial charge < -0.3 is 10.2 Å². The number of halogens is 4. The Kier molecular flexibility index (Phi) is 4.42. The molecule has 1 saturated heterocycles. The van der Waals surface area contributed by atoms with E-state index in [0.29, 0.717) is 23.7 Å². The molecule has 0 spiro atoms. The van der Waals surface area contributed by atoms with Gasteiger partial charge in [-0.2, -0.15) is 13.2 Å². The Bertz CT molecular complexity index is 493. The van der Waals surface area contributed by atoms with Crippen molar-refractivity contribution < 1.29 is 18.0 Å². The van der Waals surface area contributed by atoms with Crippen LogP contribution < -0.4 is 5.32 Å². The van der Waals surface area contributed by atoms with Crippen molar-refractivity contribution in [2.24, 2.45) is 5.92 Å². The van der Waals surface area contributed by atoms with Crippen LogP contribution in [0.15, 0.2) is 24.3 Å². The number of nitrogens with one attached hydrogen (secondary N) is 1. The highest BCUT2D eigenvalue weighted by atomic mass is 35.5. The number of hydrogen-bond acceptors (Lipinski definition) is 1. The summed E-state index contributed by atoms with van der Waals surface area (Å²) in [7, 11) is 0. The van der Waals surface area contributed by atoms with E-state index in [2.05, 4.69) is 5.32 Å². The Morgan fingerprint density at radius 2 is 2.15 bits per heavy atom. The van der Waals surface area contributed by atoms with Crippen LogP contribution in [0.25, 0.3) is 0 Å². The fraction of sp³-hybridized carbons (Fsp3) is 0.462. The van der Waals surface area contributed by atoms with E-state index in [0.717, 1.165) is 0 Å². The van der Waals surface area contributed by atoms with Crippen molar-refractivity contribution in [2.45, 2.75) is 19.0 Å². The normalized spacial score (nSPS) is 19.8. The van der Waals surface area contributed by atoms with E-state index in [-0.39, 0.29) is 13.0 Å². The number of carbonyl (C=O) groups excluding carboxylic acids is 1. The average Bonchev–Trinajstić information content (AvgIpc) is 2.38. The monoisotopic (exact) mass is 306 g/mol. The summed E-state index contributed by atoms with van der Waals surface area (Å²) in [6, 6.07) is 5.96. The summed E-state index contributed by atoms with van der Waals surface area (Å²) < 4.78 is 38.0. The Morgan fingerprint density at radius 1 is 1.40 bits per heavy atom. The van der Waals surface area contributed by atoms with Gasteiger partial charge in [0.05, 0.1) is 5.92 Å². The van der Waals surface area contributed by atoms with Gasteiger partial charge in [0.2, 0.25) is 0 Å². The highest BCUT2D eigenvalue weighted by Gasteiger charge is 2.42. The molecule has 1 aromatic rings. The lowest BCUT2D eigenvalue weighted by molar-refractivity contribution is -0.183. The molecule has 1 N–H and O–H groups in total. The van der Waals surface area contributed by atoms with Crippen molar-refractivity contribution in [2.75, 3.05) is 18.4 Å². The summed E-state index contributed by atoms with van der Waals surface area (Å²) in [5, 5.41) is 3.01. The van der Waals surface area contributed by atoms with E-state index < -0.39 is 18.1 Å². The van der Waals surface area contributed by atoms with Crippen LogP contribution in [0, 0.1) is 5.92 Å². The second kappa shape index (κ2) is 5.91. The molecule has 0 radical (unpaired) electrons. The quantitative estimate of drug-likeness (QED) is 0.830. The number of carbonyl (C=O) groups is 1. The first-order valence-corrected chi connectivity index (χ1v) is 6.62. The lowest BCUT2D eigenvalue weighted by Crippen LogP contribution is -2.46. The van der Waals surface area contributed by atoms with E-state index in [4.69, 9.17) is 11.6 Å². The van der Waals surface area contributed by atoms with Gasteiger partial charge in [0.15, 0.2) is 0 Å². The van der Waals surface area contributed by atoms with Crippen molar-refractivity contribution in [3.8, 4) is 0 Å². The molecule has 7 heteroatoms. The largest absolute Gasteiger partial charge is 0.393 e. The lowest BCUT2D eigenvalue weighted by Gasteiger charge is -2.33. The number of rotatable bonds is 1. The van der Waals surface area contributed by atoms with E-state index in [1.807, 2.05) is 0 Å². The maximum absolute atomic E-state index is 12.7. The molecule has 1 fully saturated rings. The van der Waals surface area contributed by atoms with Crippen LogP contribution >= 0.6 is 11.6 Å². The second-order valence-corrected chi connectivity index (χ2v) is 5.20. The number of alkyl halides is 3. The number of piperidine rings is 1. The molecule has 3 nitrogen and oxygen atoms in total. The highest BCUT2D eigenvalue weighted by molar-refractivity contribution is 6.30. The zero-order chi connectivity index (χ0) is 14.8. The van der Waals surface area contributed by atoms with Gasteiger partial charge in [-0.3, -0.25) is 0 Å². The zero-order valence-electron chi connectivity index (χ0n) is 10.6. The molecule has 1 aromatic carbocycles. The Balaban J connectivity index is 1.99. The smallest absolute Gasteiger partial charge is 0.324 e. The van der Waals surface area contributed by atoms with E-state index >= 15 is 0 Å². The van der Waals surface area contributed by atoms with Gasteiger partial charge in [0.1, 0.15) is 0 Å². The molecule has 1 aliphatic heterocycles. The van der Waals surface area contributed by atoms with E-state index in [1.165, 1.54) is 4.90 Å². The molecule has 0 saturated carbocycles. The first-order chi connectivity index (χ1) is 9.36. The predicted octanol–water partition coefficient (Wildman–Crippen LogP) is 4.15. The molecule has 110 valence electrons. The van der Waals surface area contributed by atoms with Crippen LogP contribution in [0.4, 0.5) is 23.7 Å². The van der Waals surface area contributed by atoms with Crippen LogP contribution in [0.1, 0.15) is 12.8 Å². The van der Waals surface area contributed by atoms with Gasteiger partial charge in [0, 0.05) is 23.8 Å². The van der Waals surface area contributed by atoms with Crippen LogP contribution in [0.2, 0.25) is 5.02 Å². The molecule has 1 aliphatic rings. The Labute approximate surface area is 119 Å². The van der Waals surface area contributed by atoms with Crippen molar-refractivity contribution in [1.82, 2.24) is 4.90 Å². The first-order valence-electron chi connectivity index (χ1n) is 6.24. The summed E-state index contributed by atoms with van der Waals surface area (Å²) in [5.41, 5.74) is 0.469. The van der Waals surface area contributed by atoms with E-state index in [1.54, 1.807) is 24.3 Å². The van der Waals surface area contributed by atoms with Crippen LogP contribution in [-0.2, 0) is 0 Å². The second-order valence-electron chi connectivity index (χ2n) is 4.77. The third kappa shape index (κ3) is 3.79. The molecule has 0 aliphatic carbocycles. The van der Waals surface area contributed by atoms with Gasteiger partial charge in [-0.1, -0.05) is 17.7 Å². The predicted molar refractivity (Wildman–Crippen MR) is 70.8 cm³/mol. The molecule has 2 amide bonds. The van der Waals surface area contributed by atoms with Gasteiger partial charge in [-0.25, -0.2) is 4.79 Å². The van der Waals surface area contributed by atoms with Gasteiger partial charge in [-0.15, -0.1) is 0 Å². The SMILES string of the molecule is O=C(Nc1cccc(Cl)c1)N1CCCC(C(F)(F)F)C1. The minimum absolute atomic E-state index is 0.0739. The number of amides is 2. The molecule has 0 bridgehead atoms. The summed E-state index contributed by atoms with van der Waals surface area (Å²) in [5.74, 6) is -1.44. The number of nitrogens with zero attached hydrogens (tertiary/aromatic N) is 1. The summed E-state index contributed by atoms with van der Waals surface area (Å²) >= 11 is 5.78. The average molecular weight is 307 g/mol. The van der Waals surface area contributed by atoms with E-state index in [9.17, 15) is 18.0 Å². The van der Waals surface area contributed by atoms with Crippen LogP contribution in [0.5, 0.6) is 0 Å². The topological polar surface area (TPSA) is 32.3 Å². The van der Waals surface area contributed by atoms with Crippen molar-refractivity contribution in [3.63, 3.8) is 0 Å². The highest BCUT2D eigenvalue weighted by Crippen LogP contribution is 2.33. The molecular formula is C13H14ClF3N2O. The fourth-order valence-corrected chi connectivity index (χ4v) is 2.39. The first kappa shape index (κ1) is 15.0. The van der Waals surface area contributed by atoms with Crippen LogP contribution in [0.3, 0.4) is 0 Å². The maximum atomic E-state index is 12.7. The van der Waals surface area contributed by atoms with Crippen LogP contribution in [-0.4, -0.2) is 30.2 Å². The Hall–Kier alpha value is -1.43. The number of urea groups is 1. The third-order valence-corrected chi connectivity index (χ3v) is 3.48. The summed E-state index contributed by atoms with van der Waals surface area (Å²) in [4.78, 5) is 13.2. The van der Waals surface area contributed by atoms with Crippen molar-refractivity contribution in [1.29, 1.82) is 0 Å². The molecule has 1 heterocycles.